The maximum absolute atomic E-state index is 10.5. The van der Waals surface area contributed by atoms with Crippen LogP contribution in [0.15, 0.2) is 35.8 Å². The quantitative estimate of drug-likeness (QED) is 0.406. The molecule has 0 aliphatic heterocycles. The van der Waals surface area contributed by atoms with Crippen LogP contribution in [0.3, 0.4) is 0 Å². The van der Waals surface area contributed by atoms with E-state index in [1.165, 1.54) is 13.2 Å². The summed E-state index contributed by atoms with van der Waals surface area (Å²) in [4.78, 5) is 12.4. The summed E-state index contributed by atoms with van der Waals surface area (Å²) in [6, 6.07) is 0. The smallest absolute Gasteiger partial charge is 0.328 e. The van der Waals surface area contributed by atoms with Gasteiger partial charge >= 0.3 is 5.97 Å². The summed E-state index contributed by atoms with van der Waals surface area (Å²) in [6.45, 7) is 6.69. The molecule has 0 aliphatic rings. The van der Waals surface area contributed by atoms with Crippen molar-refractivity contribution in [1.82, 2.24) is 4.90 Å². The number of hydrogen-bond donors (Lipinski definition) is 1. The maximum atomic E-state index is 10.5. The van der Waals surface area contributed by atoms with Gasteiger partial charge in [0.1, 0.15) is 6.61 Å². The fourth-order valence-electron chi connectivity index (χ4n) is 1.11. The Kier molecular flexibility index (Phi) is 7.54. The van der Waals surface area contributed by atoms with Gasteiger partial charge in [0.2, 0.25) is 0 Å². The van der Waals surface area contributed by atoms with Crippen LogP contribution in [0.1, 0.15) is 6.92 Å². The van der Waals surface area contributed by atoms with E-state index in [-0.39, 0.29) is 0 Å². The van der Waals surface area contributed by atoms with Crippen molar-refractivity contribution in [1.29, 1.82) is 0 Å². The summed E-state index contributed by atoms with van der Waals surface area (Å²) in [5.41, 5.74) is 0.656. The monoisotopic (exact) mass is 255 g/mol. The van der Waals surface area contributed by atoms with E-state index >= 15 is 0 Å². The molecular formula is C13H21NO4. The fourth-order valence-corrected chi connectivity index (χ4v) is 1.11. The molecule has 0 aromatic carbocycles. The van der Waals surface area contributed by atoms with Crippen molar-refractivity contribution >= 4 is 5.97 Å². The van der Waals surface area contributed by atoms with Gasteiger partial charge in [-0.05, 0) is 32.7 Å². The number of hydrogen-bond acceptors (Lipinski definition) is 4. The Bertz CT molecular complexity index is 356. The first-order chi connectivity index (χ1) is 8.38. The van der Waals surface area contributed by atoms with Crippen LogP contribution in [0.5, 0.6) is 0 Å². The lowest BCUT2D eigenvalue weighted by Gasteiger charge is -2.16. The summed E-state index contributed by atoms with van der Waals surface area (Å²) in [5.74, 6) is -0.164. The summed E-state index contributed by atoms with van der Waals surface area (Å²) in [6.07, 6.45) is 2.51. The predicted molar refractivity (Wildman–Crippen MR) is 70.1 cm³/mol. The lowest BCUT2D eigenvalue weighted by atomic mass is 10.2. The predicted octanol–water partition coefficient (Wildman–Crippen LogP) is 1.64. The molecule has 0 saturated heterocycles. The highest BCUT2D eigenvalue weighted by Gasteiger charge is 2.08. The number of carboxylic acid groups (broad SMARTS) is 1. The van der Waals surface area contributed by atoms with E-state index in [9.17, 15) is 4.79 Å². The third-order valence-corrected chi connectivity index (χ3v) is 2.12. The van der Waals surface area contributed by atoms with Crippen molar-refractivity contribution < 1.29 is 19.4 Å². The minimum Gasteiger partial charge on any atom is -0.493 e. The lowest BCUT2D eigenvalue weighted by molar-refractivity contribution is -0.131. The highest BCUT2D eigenvalue weighted by atomic mass is 16.5. The molecule has 0 bridgehead atoms. The van der Waals surface area contributed by atoms with E-state index in [1.54, 1.807) is 6.92 Å². The van der Waals surface area contributed by atoms with Gasteiger partial charge in [0.15, 0.2) is 11.5 Å². The Morgan fingerprint density at radius 1 is 1.39 bits per heavy atom. The molecule has 0 saturated carbocycles. The third-order valence-electron chi connectivity index (χ3n) is 2.12. The molecule has 0 aromatic rings. The van der Waals surface area contributed by atoms with Crippen molar-refractivity contribution in [3.63, 3.8) is 0 Å². The number of ether oxygens (including phenoxy) is 2. The van der Waals surface area contributed by atoms with Crippen LogP contribution in [0.25, 0.3) is 0 Å². The molecule has 0 rings (SSSR count). The van der Waals surface area contributed by atoms with E-state index in [1.807, 2.05) is 19.0 Å². The average Bonchev–Trinajstić information content (AvgIpc) is 2.30. The summed E-state index contributed by atoms with van der Waals surface area (Å²) >= 11 is 0. The summed E-state index contributed by atoms with van der Waals surface area (Å²) in [7, 11) is 5.37. The standard InChI is InChI=1S/C13H21NO4/c1-10(6-7-12(15)16)13(11(2)17-5)18-9-8-14(3)4/h6-7H,2,8-9H2,1,3-5H3,(H,15,16)/b7-6+,13-10-. The van der Waals surface area contributed by atoms with Gasteiger partial charge in [0.05, 0.1) is 7.11 Å². The van der Waals surface area contributed by atoms with E-state index < -0.39 is 5.97 Å². The zero-order valence-electron chi connectivity index (χ0n) is 11.4. The van der Waals surface area contributed by atoms with Crippen LogP contribution >= 0.6 is 0 Å². The SMILES string of the molecule is C=C(OC)/C(OCCN(C)C)=C(C)/C=C/C(=O)O. The Labute approximate surface area is 108 Å². The first-order valence-electron chi connectivity index (χ1n) is 5.51. The van der Waals surface area contributed by atoms with Crippen molar-refractivity contribution in [2.24, 2.45) is 0 Å². The minimum absolute atomic E-state index is 0.376. The molecule has 0 amide bonds. The largest absolute Gasteiger partial charge is 0.493 e. The molecule has 0 aromatic heterocycles. The van der Waals surface area contributed by atoms with Crippen molar-refractivity contribution in [2.45, 2.75) is 6.92 Å². The first kappa shape index (κ1) is 16.2. The molecule has 102 valence electrons. The number of likely N-dealkylation sites (N-methyl/N-ethyl adjacent to an activating group) is 1. The van der Waals surface area contributed by atoms with Crippen LogP contribution in [0.4, 0.5) is 0 Å². The zero-order valence-corrected chi connectivity index (χ0v) is 11.4. The summed E-state index contributed by atoms with van der Waals surface area (Å²) < 4.78 is 10.6. The second-order valence-electron chi connectivity index (χ2n) is 3.96. The molecule has 0 aliphatic carbocycles. The minimum atomic E-state index is -1.01. The topological polar surface area (TPSA) is 59.0 Å². The van der Waals surface area contributed by atoms with Gasteiger partial charge in [-0.3, -0.25) is 0 Å². The first-order valence-corrected chi connectivity index (χ1v) is 5.51. The van der Waals surface area contributed by atoms with Gasteiger partial charge in [-0.15, -0.1) is 0 Å². The van der Waals surface area contributed by atoms with Gasteiger partial charge in [-0.1, -0.05) is 6.58 Å². The van der Waals surface area contributed by atoms with Gasteiger partial charge in [-0.2, -0.15) is 0 Å². The molecule has 5 nitrogen and oxygen atoms in total. The number of carboxylic acids is 1. The van der Waals surface area contributed by atoms with E-state index in [2.05, 4.69) is 6.58 Å². The summed E-state index contributed by atoms with van der Waals surface area (Å²) in [5, 5.41) is 8.58. The Morgan fingerprint density at radius 2 is 2.00 bits per heavy atom. The third kappa shape index (κ3) is 6.75. The van der Waals surface area contributed by atoms with Gasteiger partial charge in [-0.25, -0.2) is 4.79 Å². The van der Waals surface area contributed by atoms with Crippen LogP contribution in [0, 0.1) is 0 Å². The van der Waals surface area contributed by atoms with Crippen molar-refractivity contribution in [3.05, 3.63) is 35.8 Å². The normalized spacial score (nSPS) is 12.5. The Hall–Kier alpha value is -1.75. The van der Waals surface area contributed by atoms with Crippen LogP contribution < -0.4 is 0 Å². The number of allylic oxidation sites excluding steroid dienone is 2. The molecule has 0 fully saturated rings. The zero-order chi connectivity index (χ0) is 14.1. The number of methoxy groups -OCH3 is 1. The molecule has 0 radical (unpaired) electrons. The molecule has 5 heteroatoms. The highest BCUT2D eigenvalue weighted by Crippen LogP contribution is 2.16. The molecule has 1 N–H and O–H groups in total. The number of aliphatic carboxylic acids is 1. The maximum Gasteiger partial charge on any atom is 0.328 e. The van der Waals surface area contributed by atoms with Gasteiger partial charge in [0.25, 0.3) is 0 Å². The van der Waals surface area contributed by atoms with Crippen LogP contribution in [-0.4, -0.2) is 50.3 Å². The number of rotatable bonds is 8. The second kappa shape index (κ2) is 8.36. The fraction of sp³-hybridized carbons (Fsp3) is 0.462. The van der Waals surface area contributed by atoms with E-state index in [0.717, 1.165) is 12.6 Å². The molecule has 0 unspecified atom stereocenters. The van der Waals surface area contributed by atoms with E-state index in [4.69, 9.17) is 14.6 Å². The Balaban J connectivity index is 4.80. The van der Waals surface area contributed by atoms with Crippen molar-refractivity contribution in [3.8, 4) is 0 Å². The molecule has 0 atom stereocenters. The Morgan fingerprint density at radius 3 is 2.44 bits per heavy atom. The highest BCUT2D eigenvalue weighted by molar-refractivity contribution is 5.80. The molecule has 0 spiro atoms. The lowest BCUT2D eigenvalue weighted by Crippen LogP contribution is -2.18. The molecular weight excluding hydrogens is 234 g/mol. The van der Waals surface area contributed by atoms with Gasteiger partial charge < -0.3 is 19.5 Å². The van der Waals surface area contributed by atoms with Crippen molar-refractivity contribution in [2.75, 3.05) is 34.4 Å². The van der Waals surface area contributed by atoms with Crippen LogP contribution in [0.2, 0.25) is 0 Å². The van der Waals surface area contributed by atoms with Crippen LogP contribution in [-0.2, 0) is 14.3 Å². The van der Waals surface area contributed by atoms with E-state index in [0.29, 0.717) is 23.7 Å². The van der Waals surface area contributed by atoms with Gasteiger partial charge in [0, 0.05) is 12.6 Å². The second-order valence-corrected chi connectivity index (χ2v) is 3.96. The number of carbonyl (C=O) groups is 1. The number of nitrogens with zero attached hydrogens (tertiary/aromatic N) is 1. The molecule has 0 heterocycles. The average molecular weight is 255 g/mol. The molecule has 18 heavy (non-hydrogen) atoms.